The molecule has 5 nitrogen and oxygen atoms in total. The van der Waals surface area contributed by atoms with E-state index in [9.17, 15) is 9.90 Å². The number of aliphatic hydroxyl groups is 1. The van der Waals surface area contributed by atoms with E-state index in [-0.39, 0.29) is 12.0 Å². The molecule has 1 unspecified atom stereocenters. The highest BCUT2D eigenvalue weighted by molar-refractivity contribution is 5.99. The third-order valence-electron chi connectivity index (χ3n) is 5.36. The summed E-state index contributed by atoms with van der Waals surface area (Å²) >= 11 is 0. The molecule has 0 radical (unpaired) electrons. The third kappa shape index (κ3) is 3.37. The van der Waals surface area contributed by atoms with E-state index in [2.05, 4.69) is 10.3 Å². The van der Waals surface area contributed by atoms with Crippen molar-refractivity contribution in [1.82, 2.24) is 9.88 Å². The first kappa shape index (κ1) is 16.1. The van der Waals surface area contributed by atoms with Crippen LogP contribution >= 0.6 is 0 Å². The van der Waals surface area contributed by atoms with Gasteiger partial charge < -0.3 is 15.3 Å². The lowest BCUT2D eigenvalue weighted by Crippen LogP contribution is -2.30. The number of amides is 1. The lowest BCUT2D eigenvalue weighted by atomic mass is 10.0. The first-order chi connectivity index (χ1) is 12.2. The van der Waals surface area contributed by atoms with E-state index in [1.807, 2.05) is 47.4 Å². The fraction of sp³-hybridized carbons (Fsp3) is 0.400. The van der Waals surface area contributed by atoms with Crippen LogP contribution in [0.3, 0.4) is 0 Å². The summed E-state index contributed by atoms with van der Waals surface area (Å²) in [7, 11) is 0. The van der Waals surface area contributed by atoms with E-state index in [4.69, 9.17) is 0 Å². The van der Waals surface area contributed by atoms with Crippen LogP contribution in [0.25, 0.3) is 0 Å². The van der Waals surface area contributed by atoms with Gasteiger partial charge in [-0.15, -0.1) is 0 Å². The van der Waals surface area contributed by atoms with Crippen LogP contribution in [-0.2, 0) is 6.54 Å². The maximum absolute atomic E-state index is 13.0. The van der Waals surface area contributed by atoms with Gasteiger partial charge in [-0.25, -0.2) is 0 Å². The molecule has 0 bridgehead atoms. The number of nitrogens with zero attached hydrogens (tertiary/aromatic N) is 2. The molecule has 2 fully saturated rings. The molecule has 130 valence electrons. The predicted molar refractivity (Wildman–Crippen MR) is 96.1 cm³/mol. The lowest BCUT2D eigenvalue weighted by molar-refractivity contribution is 0.0766. The van der Waals surface area contributed by atoms with Crippen molar-refractivity contribution in [3.63, 3.8) is 0 Å². The maximum Gasteiger partial charge on any atom is 0.255 e. The van der Waals surface area contributed by atoms with Gasteiger partial charge in [0.15, 0.2) is 0 Å². The zero-order valence-electron chi connectivity index (χ0n) is 14.1. The Balaban J connectivity index is 1.46. The van der Waals surface area contributed by atoms with Gasteiger partial charge in [0.05, 0.1) is 23.9 Å². The van der Waals surface area contributed by atoms with Gasteiger partial charge >= 0.3 is 0 Å². The molecule has 1 aromatic carbocycles. The smallest absolute Gasteiger partial charge is 0.255 e. The van der Waals surface area contributed by atoms with E-state index >= 15 is 0 Å². The molecule has 1 saturated heterocycles. The van der Waals surface area contributed by atoms with Crippen LogP contribution in [0.1, 0.15) is 28.9 Å². The number of fused-ring (bicyclic) bond motifs is 1. The quantitative estimate of drug-likeness (QED) is 0.900. The number of pyridine rings is 1. The Morgan fingerprint density at radius 1 is 1.12 bits per heavy atom. The van der Waals surface area contributed by atoms with E-state index in [0.29, 0.717) is 23.9 Å². The molecular formula is C20H23N3O2. The standard InChI is InChI=1S/C20H23N3O2/c24-17-9-14-12-23(13-15(14)10-17)20(25)18-6-1-2-7-19(18)22-11-16-5-3-4-8-21-16/h1-8,14-15,17,22,24H,9-13H2/t14-,15+,17?. The highest BCUT2D eigenvalue weighted by Gasteiger charge is 2.42. The van der Waals surface area contributed by atoms with Gasteiger partial charge in [-0.05, 0) is 48.9 Å². The number of nitrogens with one attached hydrogen (secondary N) is 1. The van der Waals surface area contributed by atoms with Crippen molar-refractivity contribution < 1.29 is 9.90 Å². The minimum atomic E-state index is -0.181. The number of aromatic nitrogens is 1. The minimum absolute atomic E-state index is 0.0769. The predicted octanol–water partition coefficient (Wildman–Crippen LogP) is 2.54. The summed E-state index contributed by atoms with van der Waals surface area (Å²) in [6.07, 6.45) is 3.24. The van der Waals surface area contributed by atoms with Crippen molar-refractivity contribution in [3.05, 3.63) is 59.9 Å². The van der Waals surface area contributed by atoms with Gasteiger partial charge in [0.2, 0.25) is 0 Å². The molecule has 1 saturated carbocycles. The summed E-state index contributed by atoms with van der Waals surface area (Å²) in [5.41, 5.74) is 2.49. The average Bonchev–Trinajstić information content (AvgIpc) is 3.18. The average molecular weight is 337 g/mol. The summed E-state index contributed by atoms with van der Waals surface area (Å²) in [6, 6.07) is 13.5. The number of rotatable bonds is 4. The Labute approximate surface area is 147 Å². The molecule has 2 heterocycles. The second-order valence-corrected chi connectivity index (χ2v) is 7.08. The Kier molecular flexibility index (Phi) is 4.40. The second-order valence-electron chi connectivity index (χ2n) is 7.08. The van der Waals surface area contributed by atoms with Crippen LogP contribution in [0.2, 0.25) is 0 Å². The van der Waals surface area contributed by atoms with Crippen LogP contribution in [0, 0.1) is 11.8 Å². The van der Waals surface area contributed by atoms with Crippen LogP contribution in [0.4, 0.5) is 5.69 Å². The SMILES string of the molecule is O=C(c1ccccc1NCc1ccccn1)N1C[C@H]2CC(O)C[C@H]2C1. The summed E-state index contributed by atoms with van der Waals surface area (Å²) in [4.78, 5) is 19.3. The van der Waals surface area contributed by atoms with Gasteiger partial charge in [-0.2, -0.15) is 0 Å². The molecule has 0 spiro atoms. The topological polar surface area (TPSA) is 65.5 Å². The Bertz CT molecular complexity index is 736. The van der Waals surface area contributed by atoms with Crippen molar-refractivity contribution >= 4 is 11.6 Å². The van der Waals surface area contributed by atoms with Crippen LogP contribution in [0.15, 0.2) is 48.7 Å². The summed E-state index contributed by atoms with van der Waals surface area (Å²) < 4.78 is 0. The number of carbonyl (C=O) groups excluding carboxylic acids is 1. The largest absolute Gasteiger partial charge is 0.393 e. The number of hydrogen-bond acceptors (Lipinski definition) is 4. The molecule has 4 rings (SSSR count). The molecule has 1 aromatic heterocycles. The van der Waals surface area contributed by atoms with Crippen molar-refractivity contribution in [2.75, 3.05) is 18.4 Å². The maximum atomic E-state index is 13.0. The molecule has 2 aromatic rings. The van der Waals surface area contributed by atoms with Crippen LogP contribution in [-0.4, -0.2) is 40.1 Å². The fourth-order valence-electron chi connectivity index (χ4n) is 4.12. The van der Waals surface area contributed by atoms with Crippen molar-refractivity contribution in [1.29, 1.82) is 0 Å². The molecular weight excluding hydrogens is 314 g/mol. The summed E-state index contributed by atoms with van der Waals surface area (Å²) in [5, 5.41) is 13.1. The first-order valence-corrected chi connectivity index (χ1v) is 8.91. The zero-order valence-corrected chi connectivity index (χ0v) is 14.1. The molecule has 5 heteroatoms. The molecule has 1 aliphatic heterocycles. The number of benzene rings is 1. The number of carbonyl (C=O) groups is 1. The van der Waals surface area contributed by atoms with E-state index in [1.54, 1.807) is 6.20 Å². The Morgan fingerprint density at radius 3 is 2.56 bits per heavy atom. The van der Waals surface area contributed by atoms with E-state index in [1.165, 1.54) is 0 Å². The molecule has 2 aliphatic rings. The zero-order chi connectivity index (χ0) is 17.2. The second kappa shape index (κ2) is 6.84. The number of likely N-dealkylation sites (tertiary alicyclic amines) is 1. The highest BCUT2D eigenvalue weighted by atomic mass is 16.3. The lowest BCUT2D eigenvalue weighted by Gasteiger charge is -2.20. The Morgan fingerprint density at radius 2 is 1.84 bits per heavy atom. The number of hydrogen-bond donors (Lipinski definition) is 2. The number of aliphatic hydroxyl groups excluding tert-OH is 1. The molecule has 1 aliphatic carbocycles. The van der Waals surface area contributed by atoms with Crippen molar-refractivity contribution in [3.8, 4) is 0 Å². The van der Waals surface area contributed by atoms with Gasteiger partial charge in [0.25, 0.3) is 5.91 Å². The van der Waals surface area contributed by atoms with E-state index in [0.717, 1.165) is 37.3 Å². The normalized spacial score (nSPS) is 25.0. The molecule has 3 atom stereocenters. The summed E-state index contributed by atoms with van der Waals surface area (Å²) in [6.45, 7) is 2.10. The van der Waals surface area contributed by atoms with Crippen molar-refractivity contribution in [2.45, 2.75) is 25.5 Å². The molecule has 2 N–H and O–H groups in total. The van der Waals surface area contributed by atoms with Gasteiger partial charge in [-0.3, -0.25) is 9.78 Å². The monoisotopic (exact) mass is 337 g/mol. The molecule has 1 amide bonds. The van der Waals surface area contributed by atoms with Gasteiger partial charge in [0, 0.05) is 25.0 Å². The summed E-state index contributed by atoms with van der Waals surface area (Å²) in [5.74, 6) is 0.980. The van der Waals surface area contributed by atoms with Crippen LogP contribution in [0.5, 0.6) is 0 Å². The third-order valence-corrected chi connectivity index (χ3v) is 5.36. The first-order valence-electron chi connectivity index (χ1n) is 8.91. The fourth-order valence-corrected chi connectivity index (χ4v) is 4.12. The van der Waals surface area contributed by atoms with Crippen LogP contribution < -0.4 is 5.32 Å². The Hall–Kier alpha value is -2.40. The van der Waals surface area contributed by atoms with E-state index < -0.39 is 0 Å². The van der Waals surface area contributed by atoms with Gasteiger partial charge in [0.1, 0.15) is 0 Å². The molecule has 25 heavy (non-hydrogen) atoms. The highest BCUT2D eigenvalue weighted by Crippen LogP contribution is 2.38. The number of anilines is 1. The number of para-hydroxylation sites is 1. The van der Waals surface area contributed by atoms with Crippen molar-refractivity contribution in [2.24, 2.45) is 11.8 Å². The van der Waals surface area contributed by atoms with Gasteiger partial charge in [-0.1, -0.05) is 18.2 Å². The minimum Gasteiger partial charge on any atom is -0.393 e.